The summed E-state index contributed by atoms with van der Waals surface area (Å²) in [5.41, 5.74) is 1.23. The molecule has 3 aliphatic rings. The van der Waals surface area contributed by atoms with Crippen molar-refractivity contribution in [3.63, 3.8) is 0 Å². The first-order valence-corrected chi connectivity index (χ1v) is 21.2. The van der Waals surface area contributed by atoms with Crippen molar-refractivity contribution >= 4 is 5.97 Å². The third-order valence-electron chi connectivity index (χ3n) is 12.4. The Morgan fingerprint density at radius 2 is 1.26 bits per heavy atom. The highest BCUT2D eigenvalue weighted by molar-refractivity contribution is 5.69. The van der Waals surface area contributed by atoms with Gasteiger partial charge in [-0.25, -0.2) is 0 Å². The first-order chi connectivity index (χ1) is 22.7. The Balaban J connectivity index is 0.00000181. The molecule has 6 unspecified atom stereocenters. The van der Waals surface area contributed by atoms with Crippen LogP contribution in [0.3, 0.4) is 0 Å². The second-order valence-electron chi connectivity index (χ2n) is 16.9. The number of unbranched alkanes of at least 4 members (excludes halogenated alkanes) is 11. The van der Waals surface area contributed by atoms with E-state index in [4.69, 9.17) is 4.74 Å². The number of carbonyl (C=O) groups excluding carboxylic acids is 1. The maximum atomic E-state index is 12.6. The number of allylic oxidation sites excluding steroid dienone is 1. The maximum absolute atomic E-state index is 12.6. The number of rotatable bonds is 28. The van der Waals surface area contributed by atoms with E-state index in [9.17, 15) is 4.79 Å². The van der Waals surface area contributed by atoms with Crippen LogP contribution in [0.5, 0.6) is 0 Å². The van der Waals surface area contributed by atoms with E-state index < -0.39 is 0 Å². The molecule has 0 radical (unpaired) electrons. The van der Waals surface area contributed by atoms with E-state index >= 15 is 0 Å². The number of esters is 1. The van der Waals surface area contributed by atoms with Gasteiger partial charge in [0.05, 0.1) is 0 Å². The van der Waals surface area contributed by atoms with Gasteiger partial charge >= 0.3 is 5.97 Å². The standard InChI is InChI=1S/C40H73NO2.C4H10/c1-7-9-16-24-33(8-2)25-21-23-32(3)22-17-12-10-14-19-27-41(6)28-20-15-11-13-18-26-39(42)43-40(4,5)38-30-34-29-37(38)36-31-35(34)36;1-3-4-2/h33-38H,3,7-31H2,1-2,4-6H3;3-4H2,1-2H3. The van der Waals surface area contributed by atoms with Gasteiger partial charge in [-0.3, -0.25) is 4.79 Å². The third-order valence-corrected chi connectivity index (χ3v) is 12.4. The van der Waals surface area contributed by atoms with E-state index in [1.54, 1.807) is 0 Å². The average Bonchev–Trinajstić information content (AvgIpc) is 3.64. The zero-order chi connectivity index (χ0) is 34.5. The Morgan fingerprint density at radius 1 is 0.681 bits per heavy atom. The average molecular weight is 658 g/mol. The molecular formula is C44H83NO2. The van der Waals surface area contributed by atoms with Crippen molar-refractivity contribution in [1.29, 1.82) is 0 Å². The van der Waals surface area contributed by atoms with Crippen molar-refractivity contribution in [1.82, 2.24) is 4.90 Å². The van der Waals surface area contributed by atoms with Crippen LogP contribution in [0.1, 0.15) is 202 Å². The van der Waals surface area contributed by atoms with Gasteiger partial charge in [-0.15, -0.1) is 0 Å². The molecule has 6 atom stereocenters. The molecule has 0 aromatic rings. The summed E-state index contributed by atoms with van der Waals surface area (Å²) in [6, 6.07) is 0. The Kier molecular flexibility index (Phi) is 21.9. The number of hydrogen-bond donors (Lipinski definition) is 0. The fraction of sp³-hybridized carbons (Fsp3) is 0.932. The summed E-state index contributed by atoms with van der Waals surface area (Å²) in [4.78, 5) is 15.1. The highest BCUT2D eigenvalue weighted by atomic mass is 16.6. The zero-order valence-electron chi connectivity index (χ0n) is 33.0. The van der Waals surface area contributed by atoms with Crippen LogP contribution in [0, 0.1) is 35.5 Å². The van der Waals surface area contributed by atoms with Crippen LogP contribution in [-0.4, -0.2) is 36.6 Å². The summed E-state index contributed by atoms with van der Waals surface area (Å²) in [6.45, 7) is 20.2. The molecule has 0 saturated heterocycles. The van der Waals surface area contributed by atoms with Gasteiger partial charge in [-0.05, 0) is 128 Å². The number of hydrogen-bond acceptors (Lipinski definition) is 3. The zero-order valence-corrected chi connectivity index (χ0v) is 33.0. The first kappa shape index (κ1) is 42.3. The molecule has 276 valence electrons. The predicted octanol–water partition coefficient (Wildman–Crippen LogP) is 13.4. The van der Waals surface area contributed by atoms with Crippen LogP contribution in [0.2, 0.25) is 0 Å². The van der Waals surface area contributed by atoms with Crippen molar-refractivity contribution in [3.05, 3.63) is 12.2 Å². The van der Waals surface area contributed by atoms with Gasteiger partial charge in [-0.1, -0.05) is 130 Å². The number of carbonyl (C=O) groups is 1. The number of nitrogens with zero attached hydrogens (tertiary/aromatic N) is 1. The molecule has 3 fully saturated rings. The number of fused-ring (bicyclic) bond motifs is 5. The molecule has 3 saturated carbocycles. The first-order valence-electron chi connectivity index (χ1n) is 21.2. The molecule has 0 amide bonds. The van der Waals surface area contributed by atoms with E-state index in [0.717, 1.165) is 42.4 Å². The third kappa shape index (κ3) is 17.1. The summed E-state index contributed by atoms with van der Waals surface area (Å²) in [5.74, 6) is 5.38. The molecular weight excluding hydrogens is 574 g/mol. The SMILES string of the molecule is C=C(CCCCCCCN(C)CCCCCCCC(=O)OC(C)(C)C1CC2CC1C1CC21)CCCC(CC)CCCCC.CCCC. The summed E-state index contributed by atoms with van der Waals surface area (Å²) in [5, 5.41) is 0. The summed E-state index contributed by atoms with van der Waals surface area (Å²) >= 11 is 0. The van der Waals surface area contributed by atoms with Crippen molar-refractivity contribution in [2.45, 2.75) is 208 Å². The molecule has 3 aliphatic carbocycles. The summed E-state index contributed by atoms with van der Waals surface area (Å²) in [6.07, 6.45) is 32.3. The van der Waals surface area contributed by atoms with Crippen LogP contribution < -0.4 is 0 Å². The Hall–Kier alpha value is -0.830. The molecule has 0 heterocycles. The molecule has 3 rings (SSSR count). The van der Waals surface area contributed by atoms with Crippen molar-refractivity contribution in [2.75, 3.05) is 20.1 Å². The minimum absolute atomic E-state index is 0.0402. The highest BCUT2D eigenvalue weighted by Gasteiger charge is 2.63. The smallest absolute Gasteiger partial charge is 0.306 e. The molecule has 3 heteroatoms. The lowest BCUT2D eigenvalue weighted by molar-refractivity contribution is -0.164. The topological polar surface area (TPSA) is 29.5 Å². The minimum atomic E-state index is -0.269. The van der Waals surface area contributed by atoms with Gasteiger partial charge in [0.15, 0.2) is 0 Å². The maximum Gasteiger partial charge on any atom is 0.306 e. The van der Waals surface area contributed by atoms with E-state index in [2.05, 4.69) is 60.1 Å². The predicted molar refractivity (Wildman–Crippen MR) is 206 cm³/mol. The second kappa shape index (κ2) is 24.3. The summed E-state index contributed by atoms with van der Waals surface area (Å²) in [7, 11) is 2.29. The molecule has 3 nitrogen and oxygen atoms in total. The largest absolute Gasteiger partial charge is 0.459 e. The molecule has 0 spiro atoms. The van der Waals surface area contributed by atoms with Gasteiger partial charge in [0.2, 0.25) is 0 Å². The Bertz CT molecular complexity index is 818. The van der Waals surface area contributed by atoms with Gasteiger partial charge in [0.25, 0.3) is 0 Å². The lowest BCUT2D eigenvalue weighted by atomic mass is 9.78. The van der Waals surface area contributed by atoms with Gasteiger partial charge in [0, 0.05) is 12.3 Å². The van der Waals surface area contributed by atoms with E-state index in [-0.39, 0.29) is 11.6 Å². The van der Waals surface area contributed by atoms with Crippen LogP contribution in [0.15, 0.2) is 12.2 Å². The van der Waals surface area contributed by atoms with Crippen molar-refractivity contribution < 1.29 is 9.53 Å². The second-order valence-corrected chi connectivity index (χ2v) is 16.9. The normalized spacial score (nSPS) is 23.4. The summed E-state index contributed by atoms with van der Waals surface area (Å²) < 4.78 is 6.07. The van der Waals surface area contributed by atoms with Crippen molar-refractivity contribution in [3.8, 4) is 0 Å². The lowest BCUT2D eigenvalue weighted by Crippen LogP contribution is -2.40. The van der Waals surface area contributed by atoms with Crippen LogP contribution in [0.4, 0.5) is 0 Å². The molecule has 0 aromatic carbocycles. The molecule has 47 heavy (non-hydrogen) atoms. The minimum Gasteiger partial charge on any atom is -0.459 e. The molecule has 0 aromatic heterocycles. The lowest BCUT2D eigenvalue weighted by Gasteiger charge is -2.36. The molecule has 2 bridgehead atoms. The Morgan fingerprint density at radius 3 is 1.83 bits per heavy atom. The van der Waals surface area contributed by atoms with Gasteiger partial charge in [-0.2, -0.15) is 0 Å². The highest BCUT2D eigenvalue weighted by Crippen LogP contribution is 2.69. The molecule has 0 aliphatic heterocycles. The van der Waals surface area contributed by atoms with Crippen LogP contribution in [0.25, 0.3) is 0 Å². The van der Waals surface area contributed by atoms with Crippen LogP contribution >= 0.6 is 0 Å². The van der Waals surface area contributed by atoms with Gasteiger partial charge < -0.3 is 9.64 Å². The van der Waals surface area contributed by atoms with Gasteiger partial charge in [0.1, 0.15) is 5.60 Å². The monoisotopic (exact) mass is 658 g/mol. The van der Waals surface area contributed by atoms with E-state index in [0.29, 0.717) is 12.3 Å². The van der Waals surface area contributed by atoms with Crippen LogP contribution in [-0.2, 0) is 9.53 Å². The quantitative estimate of drug-likeness (QED) is 0.0476. The van der Waals surface area contributed by atoms with E-state index in [1.807, 2.05) is 0 Å². The number of ether oxygens (including phenoxy) is 1. The molecule has 0 N–H and O–H groups in total. The fourth-order valence-electron chi connectivity index (χ4n) is 9.00. The van der Waals surface area contributed by atoms with Crippen molar-refractivity contribution in [2.24, 2.45) is 35.5 Å². The Labute approximate surface area is 295 Å². The fourth-order valence-corrected chi connectivity index (χ4v) is 9.00. The van der Waals surface area contributed by atoms with E-state index in [1.165, 1.54) is 160 Å².